The van der Waals surface area contributed by atoms with E-state index in [2.05, 4.69) is 5.32 Å². The monoisotopic (exact) mass is 473 g/mol. The lowest BCUT2D eigenvalue weighted by Crippen LogP contribution is -2.50. The minimum Gasteiger partial charge on any atom is -0.388 e. The van der Waals surface area contributed by atoms with E-state index in [9.17, 15) is 24.9 Å². The van der Waals surface area contributed by atoms with Gasteiger partial charge in [-0.05, 0) is 12.1 Å². The minimum atomic E-state index is -1.40. The van der Waals surface area contributed by atoms with Gasteiger partial charge in [0, 0.05) is 46.9 Å². The summed E-state index contributed by atoms with van der Waals surface area (Å²) in [6.45, 7) is -0.159. The third-order valence-corrected chi connectivity index (χ3v) is 6.86. The Morgan fingerprint density at radius 2 is 1.40 bits per heavy atom. The van der Waals surface area contributed by atoms with Crippen LogP contribution in [0.15, 0.2) is 60.9 Å². The number of aliphatic hydroxyl groups excluding tert-OH is 3. The number of fused-ring (bicyclic) bond motifs is 2. The highest BCUT2D eigenvalue weighted by molar-refractivity contribution is 6.50. The zero-order chi connectivity index (χ0) is 24.4. The van der Waals surface area contributed by atoms with E-state index in [1.807, 2.05) is 60.3 Å². The summed E-state index contributed by atoms with van der Waals surface area (Å²) in [5.41, 5.74) is 3.22. The molecule has 178 valence electrons. The van der Waals surface area contributed by atoms with E-state index in [-0.39, 0.29) is 17.8 Å². The van der Waals surface area contributed by atoms with Gasteiger partial charge in [0.2, 0.25) is 0 Å². The Labute approximate surface area is 199 Å². The first-order valence-electron chi connectivity index (χ1n) is 11.3. The molecular weight excluding hydrogens is 450 g/mol. The molecule has 4 atom stereocenters. The average Bonchev–Trinajstić information content (AvgIpc) is 3.48. The first-order chi connectivity index (χ1) is 16.9. The fraction of sp³-hybridized carbons (Fsp3) is 0.231. The topological polar surface area (TPSA) is 126 Å². The number of amides is 2. The molecule has 2 aliphatic heterocycles. The van der Waals surface area contributed by atoms with Crippen molar-refractivity contribution in [3.63, 3.8) is 0 Å². The van der Waals surface area contributed by atoms with Gasteiger partial charge in [-0.25, -0.2) is 0 Å². The van der Waals surface area contributed by atoms with Crippen LogP contribution >= 0.6 is 0 Å². The molecule has 9 nitrogen and oxygen atoms in total. The number of aliphatic hydroxyl groups is 3. The van der Waals surface area contributed by atoms with Crippen LogP contribution in [0.25, 0.3) is 33.0 Å². The molecule has 0 bridgehead atoms. The van der Waals surface area contributed by atoms with Gasteiger partial charge in [-0.1, -0.05) is 36.4 Å². The highest BCUT2D eigenvalue weighted by atomic mass is 16.5. The molecule has 9 heteroatoms. The summed E-state index contributed by atoms with van der Waals surface area (Å²) in [5.74, 6) is -0.993. The first kappa shape index (κ1) is 21.8. The van der Waals surface area contributed by atoms with E-state index in [1.165, 1.54) is 0 Å². The van der Waals surface area contributed by atoms with Gasteiger partial charge in [0.05, 0.1) is 23.3 Å². The second-order valence-electron chi connectivity index (χ2n) is 8.94. The SMILES string of the molecule is Cn1cc(C2=C(c3cn(C4OCC(O)C(O)C4O)c4ccccc34)C(=O)NC2=O)c2ccccc21. The van der Waals surface area contributed by atoms with E-state index < -0.39 is 36.4 Å². The summed E-state index contributed by atoms with van der Waals surface area (Å²) >= 11 is 0. The number of rotatable bonds is 3. The van der Waals surface area contributed by atoms with Crippen LogP contribution in [0.5, 0.6) is 0 Å². The maximum absolute atomic E-state index is 13.1. The molecule has 2 amide bonds. The normalized spacial score (nSPS) is 25.1. The van der Waals surface area contributed by atoms with Crippen LogP contribution in [0.3, 0.4) is 0 Å². The molecule has 0 radical (unpaired) electrons. The summed E-state index contributed by atoms with van der Waals surface area (Å²) in [6, 6.07) is 14.9. The quantitative estimate of drug-likeness (QED) is 0.333. The minimum absolute atomic E-state index is 0.159. The predicted molar refractivity (Wildman–Crippen MR) is 128 cm³/mol. The van der Waals surface area contributed by atoms with E-state index in [4.69, 9.17) is 4.74 Å². The van der Waals surface area contributed by atoms with Crippen LogP contribution in [0.1, 0.15) is 17.4 Å². The number of carbonyl (C=O) groups is 2. The average molecular weight is 473 g/mol. The van der Waals surface area contributed by atoms with Crippen molar-refractivity contribution in [2.24, 2.45) is 7.05 Å². The van der Waals surface area contributed by atoms with E-state index in [0.29, 0.717) is 22.0 Å². The van der Waals surface area contributed by atoms with Crippen LogP contribution in [0.4, 0.5) is 0 Å². The van der Waals surface area contributed by atoms with E-state index >= 15 is 0 Å². The first-order valence-corrected chi connectivity index (χ1v) is 11.3. The summed E-state index contributed by atoms with van der Waals surface area (Å²) in [4.78, 5) is 26.2. The lowest BCUT2D eigenvalue weighted by molar-refractivity contribution is -0.209. The number of hydrogen-bond acceptors (Lipinski definition) is 6. The van der Waals surface area contributed by atoms with Crippen molar-refractivity contribution in [2.45, 2.75) is 24.5 Å². The molecule has 6 rings (SSSR count). The lowest BCUT2D eigenvalue weighted by atomic mass is 9.95. The van der Waals surface area contributed by atoms with Crippen molar-refractivity contribution >= 4 is 44.8 Å². The van der Waals surface area contributed by atoms with Crippen molar-refractivity contribution in [2.75, 3.05) is 6.61 Å². The van der Waals surface area contributed by atoms with Gasteiger partial charge in [0.15, 0.2) is 6.23 Å². The van der Waals surface area contributed by atoms with Crippen LogP contribution in [-0.4, -0.2) is 61.2 Å². The number of benzene rings is 2. The largest absolute Gasteiger partial charge is 0.388 e. The Balaban J connectivity index is 1.60. The highest BCUT2D eigenvalue weighted by Crippen LogP contribution is 2.40. The fourth-order valence-corrected chi connectivity index (χ4v) is 5.16. The molecule has 2 aliphatic rings. The molecule has 1 fully saturated rings. The Bertz CT molecular complexity index is 1550. The van der Waals surface area contributed by atoms with Gasteiger partial charge >= 0.3 is 0 Å². The van der Waals surface area contributed by atoms with Crippen molar-refractivity contribution in [1.29, 1.82) is 0 Å². The summed E-state index contributed by atoms with van der Waals surface area (Å²) < 4.78 is 9.22. The number of para-hydroxylation sites is 2. The molecule has 2 aromatic heterocycles. The third kappa shape index (κ3) is 3.17. The van der Waals surface area contributed by atoms with Gasteiger partial charge < -0.3 is 29.2 Å². The van der Waals surface area contributed by atoms with Crippen LogP contribution in [-0.2, 0) is 21.4 Å². The van der Waals surface area contributed by atoms with Crippen molar-refractivity contribution in [1.82, 2.24) is 14.5 Å². The molecule has 4 unspecified atom stereocenters. The summed E-state index contributed by atoms with van der Waals surface area (Å²) in [6.07, 6.45) is -1.49. The van der Waals surface area contributed by atoms with Gasteiger partial charge in [0.25, 0.3) is 11.8 Å². The molecule has 4 aromatic rings. The fourth-order valence-electron chi connectivity index (χ4n) is 5.16. The number of ether oxygens (including phenoxy) is 1. The van der Waals surface area contributed by atoms with Gasteiger partial charge in [-0.2, -0.15) is 0 Å². The molecule has 4 N–H and O–H groups in total. The summed E-state index contributed by atoms with van der Waals surface area (Å²) in [7, 11) is 1.88. The standard InChI is InChI=1S/C26H23N3O6/c1-28-10-15(13-6-2-4-8-17(13)28)20-21(25(34)27-24(20)33)16-11-29(18-9-5-3-7-14(16)18)26-23(32)22(31)19(30)12-35-26/h2-11,19,22-23,26,30-32H,12H2,1H3,(H,27,33,34). The van der Waals surface area contributed by atoms with Crippen LogP contribution in [0, 0.1) is 0 Å². The van der Waals surface area contributed by atoms with Gasteiger partial charge in [0.1, 0.15) is 18.3 Å². The van der Waals surface area contributed by atoms with E-state index in [0.717, 1.165) is 10.9 Å². The molecule has 35 heavy (non-hydrogen) atoms. The Kier molecular flexibility index (Phi) is 4.90. The Morgan fingerprint density at radius 1 is 0.829 bits per heavy atom. The second kappa shape index (κ2) is 7.89. The number of hydrogen-bond donors (Lipinski definition) is 4. The number of aryl methyl sites for hydroxylation is 1. The molecule has 0 aliphatic carbocycles. The van der Waals surface area contributed by atoms with Crippen molar-refractivity contribution in [3.05, 3.63) is 72.1 Å². The molecule has 1 saturated heterocycles. The van der Waals surface area contributed by atoms with Gasteiger partial charge in [-0.15, -0.1) is 0 Å². The number of nitrogens with one attached hydrogen (secondary N) is 1. The Morgan fingerprint density at radius 3 is 2.09 bits per heavy atom. The van der Waals surface area contributed by atoms with E-state index in [1.54, 1.807) is 16.8 Å². The highest BCUT2D eigenvalue weighted by Gasteiger charge is 2.40. The second-order valence-corrected chi connectivity index (χ2v) is 8.94. The van der Waals surface area contributed by atoms with Crippen molar-refractivity contribution < 1.29 is 29.6 Å². The Hall–Kier alpha value is -3.76. The lowest BCUT2D eigenvalue weighted by Gasteiger charge is -2.36. The van der Waals surface area contributed by atoms with Crippen molar-refractivity contribution in [3.8, 4) is 0 Å². The molecule has 2 aromatic carbocycles. The number of imide groups is 1. The maximum Gasteiger partial charge on any atom is 0.259 e. The number of carbonyl (C=O) groups excluding carboxylic acids is 2. The van der Waals surface area contributed by atoms with Gasteiger partial charge in [-0.3, -0.25) is 14.9 Å². The molecule has 0 spiro atoms. The predicted octanol–water partition coefficient (Wildman–Crippen LogP) is 1.31. The maximum atomic E-state index is 13.1. The number of nitrogens with zero attached hydrogens (tertiary/aromatic N) is 2. The number of aromatic nitrogens is 2. The smallest absolute Gasteiger partial charge is 0.259 e. The zero-order valence-corrected chi connectivity index (χ0v) is 18.8. The summed E-state index contributed by atoms with van der Waals surface area (Å²) in [5, 5.41) is 34.7. The molecular formula is C26H23N3O6. The van der Waals surface area contributed by atoms with Crippen LogP contribution in [0.2, 0.25) is 0 Å². The zero-order valence-electron chi connectivity index (χ0n) is 18.8. The van der Waals surface area contributed by atoms with Crippen LogP contribution < -0.4 is 5.32 Å². The molecule has 4 heterocycles. The third-order valence-electron chi connectivity index (χ3n) is 6.86. The molecule has 0 saturated carbocycles.